The fourth-order valence-corrected chi connectivity index (χ4v) is 4.53. The quantitative estimate of drug-likeness (QED) is 0.545. The third kappa shape index (κ3) is 4.97. The number of hydrogen-bond acceptors (Lipinski definition) is 5. The van der Waals surface area contributed by atoms with Crippen LogP contribution in [0.3, 0.4) is 0 Å². The average Bonchev–Trinajstić information content (AvgIpc) is 3.19. The smallest absolute Gasteiger partial charge is 0.234 e. The number of carbonyl (C=O) groups excluding carboxylic acids is 1. The summed E-state index contributed by atoms with van der Waals surface area (Å²) in [6.07, 6.45) is 9.46. The van der Waals surface area contributed by atoms with Gasteiger partial charge in [-0.15, -0.1) is 10.2 Å². The zero-order valence-electron chi connectivity index (χ0n) is 15.9. The molecule has 1 aliphatic rings. The van der Waals surface area contributed by atoms with Crippen LogP contribution in [0.4, 0.5) is 5.69 Å². The highest BCUT2D eigenvalue weighted by atomic mass is 35.5. The van der Waals surface area contributed by atoms with Crippen molar-refractivity contribution in [1.82, 2.24) is 19.7 Å². The van der Waals surface area contributed by atoms with Crippen LogP contribution < -0.4 is 5.32 Å². The van der Waals surface area contributed by atoms with Crippen molar-refractivity contribution in [2.45, 2.75) is 43.3 Å². The Morgan fingerprint density at radius 2 is 1.93 bits per heavy atom. The summed E-state index contributed by atoms with van der Waals surface area (Å²) in [6.45, 7) is 0. The topological polar surface area (TPSA) is 72.7 Å². The molecule has 0 radical (unpaired) electrons. The number of carbonyl (C=O) groups is 1. The maximum atomic E-state index is 12.4. The molecule has 1 saturated carbocycles. The molecule has 29 heavy (non-hydrogen) atoms. The second-order valence-electron chi connectivity index (χ2n) is 7.05. The first-order valence-electron chi connectivity index (χ1n) is 9.74. The van der Waals surface area contributed by atoms with Crippen LogP contribution in [0, 0.1) is 0 Å². The second-order valence-corrected chi connectivity index (χ2v) is 8.43. The van der Waals surface area contributed by atoms with E-state index in [0.717, 1.165) is 35.1 Å². The lowest BCUT2D eigenvalue weighted by Crippen LogP contribution is -2.17. The lowest BCUT2D eigenvalue weighted by atomic mass is 9.95. The number of nitrogens with zero attached hydrogens (tertiary/aromatic N) is 4. The van der Waals surface area contributed by atoms with Gasteiger partial charge in [-0.3, -0.25) is 14.3 Å². The van der Waals surface area contributed by atoms with E-state index in [0.29, 0.717) is 11.1 Å². The van der Waals surface area contributed by atoms with Gasteiger partial charge in [0.05, 0.1) is 5.75 Å². The number of nitrogens with one attached hydrogen (secondary N) is 1. The number of rotatable bonds is 6. The predicted octanol–water partition coefficient (Wildman–Crippen LogP) is 5.23. The Kier molecular flexibility index (Phi) is 6.46. The monoisotopic (exact) mass is 427 g/mol. The predicted molar refractivity (Wildman–Crippen MR) is 116 cm³/mol. The number of thioether (sulfide) groups is 1. The number of anilines is 1. The molecule has 0 saturated heterocycles. The number of benzene rings is 1. The van der Waals surface area contributed by atoms with Crippen molar-refractivity contribution in [3.8, 4) is 11.4 Å². The van der Waals surface area contributed by atoms with E-state index >= 15 is 0 Å². The van der Waals surface area contributed by atoms with Crippen LogP contribution >= 0.6 is 23.4 Å². The molecular formula is C21H22ClN5OS. The molecule has 0 spiro atoms. The molecule has 1 aliphatic carbocycles. The van der Waals surface area contributed by atoms with Gasteiger partial charge < -0.3 is 5.32 Å². The first kappa shape index (κ1) is 19.9. The first-order valence-corrected chi connectivity index (χ1v) is 11.1. The summed E-state index contributed by atoms with van der Waals surface area (Å²) < 4.78 is 2.20. The van der Waals surface area contributed by atoms with Gasteiger partial charge in [0, 0.05) is 34.7 Å². The molecule has 0 unspecified atom stereocenters. The number of pyridine rings is 1. The van der Waals surface area contributed by atoms with Gasteiger partial charge in [0.1, 0.15) is 0 Å². The van der Waals surface area contributed by atoms with Gasteiger partial charge >= 0.3 is 0 Å². The molecule has 8 heteroatoms. The summed E-state index contributed by atoms with van der Waals surface area (Å²) in [4.78, 5) is 16.6. The molecule has 6 nitrogen and oxygen atoms in total. The Bertz CT molecular complexity index is 955. The van der Waals surface area contributed by atoms with E-state index in [1.807, 2.05) is 18.3 Å². The minimum Gasteiger partial charge on any atom is -0.325 e. The fraction of sp³-hybridized carbons (Fsp3) is 0.333. The van der Waals surface area contributed by atoms with Gasteiger partial charge in [0.15, 0.2) is 11.0 Å². The zero-order chi connectivity index (χ0) is 20.1. The largest absolute Gasteiger partial charge is 0.325 e. The first-order chi connectivity index (χ1) is 14.2. The molecule has 1 fully saturated rings. The van der Waals surface area contributed by atoms with E-state index < -0.39 is 0 Å². The minimum atomic E-state index is -0.0848. The Morgan fingerprint density at radius 1 is 1.14 bits per heavy atom. The van der Waals surface area contributed by atoms with Gasteiger partial charge in [-0.05, 0) is 49.2 Å². The van der Waals surface area contributed by atoms with Crippen LogP contribution in [0.25, 0.3) is 11.4 Å². The van der Waals surface area contributed by atoms with Crippen molar-refractivity contribution in [3.05, 3.63) is 53.8 Å². The van der Waals surface area contributed by atoms with Crippen LogP contribution in [0.15, 0.2) is 53.9 Å². The van der Waals surface area contributed by atoms with Crippen molar-refractivity contribution in [2.24, 2.45) is 0 Å². The molecule has 1 amide bonds. The van der Waals surface area contributed by atoms with E-state index in [2.05, 4.69) is 25.1 Å². The third-order valence-corrected chi connectivity index (χ3v) is 6.18. The Morgan fingerprint density at radius 3 is 2.66 bits per heavy atom. The maximum Gasteiger partial charge on any atom is 0.234 e. The van der Waals surface area contributed by atoms with E-state index in [1.54, 1.807) is 30.5 Å². The highest BCUT2D eigenvalue weighted by Crippen LogP contribution is 2.35. The van der Waals surface area contributed by atoms with Crippen LogP contribution in [-0.2, 0) is 4.79 Å². The summed E-state index contributed by atoms with van der Waals surface area (Å²) in [7, 11) is 0. The molecule has 3 aromatic rings. The number of halogens is 1. The second kappa shape index (κ2) is 9.41. The lowest BCUT2D eigenvalue weighted by molar-refractivity contribution is -0.113. The molecular weight excluding hydrogens is 406 g/mol. The maximum absolute atomic E-state index is 12.4. The summed E-state index contributed by atoms with van der Waals surface area (Å²) in [6, 6.07) is 11.3. The number of hydrogen-bond donors (Lipinski definition) is 1. The van der Waals surface area contributed by atoms with Gasteiger partial charge in [-0.1, -0.05) is 42.6 Å². The summed E-state index contributed by atoms with van der Waals surface area (Å²) in [5.41, 5.74) is 1.67. The average molecular weight is 428 g/mol. The van der Waals surface area contributed by atoms with Crippen LogP contribution in [0.1, 0.15) is 38.1 Å². The van der Waals surface area contributed by atoms with Crippen molar-refractivity contribution >= 4 is 35.0 Å². The number of amides is 1. The van der Waals surface area contributed by atoms with E-state index in [9.17, 15) is 4.79 Å². The molecule has 0 atom stereocenters. The summed E-state index contributed by atoms with van der Waals surface area (Å²) in [5.74, 6) is 1.00. The normalized spacial score (nSPS) is 14.7. The van der Waals surface area contributed by atoms with Crippen LogP contribution in [0.5, 0.6) is 0 Å². The van der Waals surface area contributed by atoms with Crippen molar-refractivity contribution in [1.29, 1.82) is 0 Å². The minimum absolute atomic E-state index is 0.0848. The van der Waals surface area contributed by atoms with Gasteiger partial charge in [-0.25, -0.2) is 0 Å². The molecule has 2 aromatic heterocycles. The molecule has 4 rings (SSSR count). The van der Waals surface area contributed by atoms with Gasteiger partial charge in [0.25, 0.3) is 0 Å². The summed E-state index contributed by atoms with van der Waals surface area (Å²) >= 11 is 7.31. The summed E-state index contributed by atoms with van der Waals surface area (Å²) in [5, 5.41) is 13.2. The highest BCUT2D eigenvalue weighted by Gasteiger charge is 2.24. The molecule has 1 N–H and O–H groups in total. The van der Waals surface area contributed by atoms with Crippen molar-refractivity contribution in [2.75, 3.05) is 11.1 Å². The van der Waals surface area contributed by atoms with Crippen LogP contribution in [-0.4, -0.2) is 31.4 Å². The van der Waals surface area contributed by atoms with E-state index in [1.165, 1.54) is 31.0 Å². The Hall–Kier alpha value is -2.38. The lowest BCUT2D eigenvalue weighted by Gasteiger charge is -2.25. The van der Waals surface area contributed by atoms with E-state index in [4.69, 9.17) is 11.6 Å². The van der Waals surface area contributed by atoms with Crippen molar-refractivity contribution < 1.29 is 4.79 Å². The molecule has 1 aromatic carbocycles. The Labute approximate surface area is 179 Å². The third-order valence-electron chi connectivity index (χ3n) is 4.98. The standard InChI is InChI=1S/C21H22ClN5OS/c22-16-8-10-17(11-9-16)24-19(28)14-29-21-26-25-20(15-5-4-12-23-13-15)27(21)18-6-2-1-3-7-18/h4-5,8-13,18H,1-3,6-7,14H2,(H,24,28). The highest BCUT2D eigenvalue weighted by molar-refractivity contribution is 7.99. The van der Waals surface area contributed by atoms with Crippen molar-refractivity contribution in [3.63, 3.8) is 0 Å². The molecule has 2 heterocycles. The Balaban J connectivity index is 1.51. The van der Waals surface area contributed by atoms with E-state index in [-0.39, 0.29) is 11.7 Å². The molecule has 150 valence electrons. The molecule has 0 aliphatic heterocycles. The molecule has 0 bridgehead atoms. The van der Waals surface area contributed by atoms with Crippen LogP contribution in [0.2, 0.25) is 5.02 Å². The zero-order valence-corrected chi connectivity index (χ0v) is 17.5. The number of aromatic nitrogens is 4. The van der Waals surface area contributed by atoms with Gasteiger partial charge in [0.2, 0.25) is 5.91 Å². The SMILES string of the molecule is O=C(CSc1nnc(-c2cccnc2)n1C1CCCCC1)Nc1ccc(Cl)cc1. The van der Waals surface area contributed by atoms with Gasteiger partial charge in [-0.2, -0.15) is 0 Å². The fourth-order valence-electron chi connectivity index (χ4n) is 3.60.